The van der Waals surface area contributed by atoms with Crippen LogP contribution in [-0.4, -0.2) is 30.5 Å². The number of nitrogens with zero attached hydrogens (tertiary/aromatic N) is 1. The molecular weight excluding hydrogens is 472 g/mol. The monoisotopic (exact) mass is 490 g/mol. The highest BCUT2D eigenvalue weighted by Crippen LogP contribution is 2.46. The third-order valence-electron chi connectivity index (χ3n) is 6.15. The van der Waals surface area contributed by atoms with Crippen LogP contribution >= 0.6 is 38.9 Å². The molecule has 7 heteroatoms. The van der Waals surface area contributed by atoms with Gasteiger partial charge in [0.1, 0.15) is 10.6 Å². The number of hydrogen-bond donors (Lipinski definition) is 1. The number of fused-ring (bicyclic) bond motifs is 3. The molecule has 2 aromatic carbocycles. The number of hydrogen-bond acceptors (Lipinski definition) is 4. The first-order valence-corrected chi connectivity index (χ1v) is 11.6. The van der Waals surface area contributed by atoms with Crippen LogP contribution in [0.5, 0.6) is 5.75 Å². The molecule has 2 aliphatic heterocycles. The van der Waals surface area contributed by atoms with E-state index in [2.05, 4.69) is 22.0 Å². The number of benzene rings is 2. The van der Waals surface area contributed by atoms with Gasteiger partial charge in [0.05, 0.1) is 11.6 Å². The summed E-state index contributed by atoms with van der Waals surface area (Å²) in [5, 5.41) is 1.49. The highest BCUT2D eigenvalue weighted by Gasteiger charge is 2.44. The van der Waals surface area contributed by atoms with E-state index in [1.807, 2.05) is 35.2 Å². The van der Waals surface area contributed by atoms with Crippen molar-refractivity contribution in [3.8, 4) is 5.75 Å². The van der Waals surface area contributed by atoms with Crippen LogP contribution in [0.3, 0.4) is 0 Å². The number of rotatable bonds is 2. The van der Waals surface area contributed by atoms with Gasteiger partial charge in [0.15, 0.2) is 0 Å². The van der Waals surface area contributed by atoms with Crippen molar-refractivity contribution in [1.29, 1.82) is 0 Å². The first kappa shape index (κ1) is 19.4. The van der Waals surface area contributed by atoms with Crippen LogP contribution in [0.1, 0.15) is 33.6 Å². The van der Waals surface area contributed by atoms with Crippen LogP contribution in [0.15, 0.2) is 40.9 Å². The fraction of sp³-hybridized carbons (Fsp3) is 0.318. The standard InChI is InChI=1S/C22H20BrClN2O2S/c23-14-2-3-15-18(10-14)29-20(19(15)24)21(27)26-7-5-22(6-8-26)12-28-17-4-1-13(11-25)9-16(17)22/h1-4,9-10H,5-8,11-12,25H2. The van der Waals surface area contributed by atoms with E-state index in [9.17, 15) is 4.79 Å². The van der Waals surface area contributed by atoms with Crippen LogP contribution in [0.25, 0.3) is 10.1 Å². The van der Waals surface area contributed by atoms with Crippen molar-refractivity contribution >= 4 is 54.9 Å². The Labute approximate surface area is 186 Å². The van der Waals surface area contributed by atoms with Crippen molar-refractivity contribution in [3.05, 3.63) is 61.9 Å². The van der Waals surface area contributed by atoms with Crippen molar-refractivity contribution in [2.24, 2.45) is 5.73 Å². The van der Waals surface area contributed by atoms with E-state index in [1.54, 1.807) is 0 Å². The maximum Gasteiger partial charge on any atom is 0.265 e. The van der Waals surface area contributed by atoms with Gasteiger partial charge in [0.25, 0.3) is 5.91 Å². The summed E-state index contributed by atoms with van der Waals surface area (Å²) in [4.78, 5) is 15.8. The molecule has 29 heavy (non-hydrogen) atoms. The third-order valence-corrected chi connectivity index (χ3v) is 8.29. The Hall–Kier alpha value is -1.60. The zero-order valence-electron chi connectivity index (χ0n) is 15.7. The van der Waals surface area contributed by atoms with Crippen molar-refractivity contribution in [3.63, 3.8) is 0 Å². The van der Waals surface area contributed by atoms with E-state index >= 15 is 0 Å². The minimum atomic E-state index is -0.0217. The first-order chi connectivity index (χ1) is 14.0. The predicted octanol–water partition coefficient (Wildman–Crippen LogP) is 5.34. The normalized spacial score (nSPS) is 17.6. The Kier molecular flexibility index (Phi) is 4.86. The SMILES string of the molecule is NCc1ccc2c(c1)C1(CCN(C(=O)c3sc4cc(Br)ccc4c3Cl)CC1)CO2. The number of likely N-dealkylation sites (tertiary alicyclic amines) is 1. The van der Waals surface area contributed by atoms with Crippen LogP contribution in [0, 0.1) is 0 Å². The number of carbonyl (C=O) groups is 1. The van der Waals surface area contributed by atoms with Gasteiger partial charge in [0.2, 0.25) is 0 Å². The molecule has 5 rings (SSSR count). The lowest BCUT2D eigenvalue weighted by Gasteiger charge is -2.38. The second kappa shape index (κ2) is 7.27. The van der Waals surface area contributed by atoms with Crippen molar-refractivity contribution in [1.82, 2.24) is 4.90 Å². The molecule has 0 bridgehead atoms. The second-order valence-corrected chi connectivity index (χ2v) is 10.1. The summed E-state index contributed by atoms with van der Waals surface area (Å²) < 4.78 is 7.98. The van der Waals surface area contributed by atoms with Gasteiger partial charge in [-0.2, -0.15) is 0 Å². The van der Waals surface area contributed by atoms with E-state index in [1.165, 1.54) is 16.9 Å². The van der Waals surface area contributed by atoms with Crippen molar-refractivity contribution in [2.45, 2.75) is 24.8 Å². The molecule has 0 aliphatic carbocycles. The van der Waals surface area contributed by atoms with E-state index in [-0.39, 0.29) is 11.3 Å². The predicted molar refractivity (Wildman–Crippen MR) is 121 cm³/mol. The van der Waals surface area contributed by atoms with Gasteiger partial charge in [-0.25, -0.2) is 0 Å². The number of thiophene rings is 1. The van der Waals surface area contributed by atoms with Crippen LogP contribution < -0.4 is 10.5 Å². The van der Waals surface area contributed by atoms with Crippen LogP contribution in [0.4, 0.5) is 0 Å². The maximum atomic E-state index is 13.2. The van der Waals surface area contributed by atoms with Gasteiger partial charge in [-0.1, -0.05) is 45.7 Å². The topological polar surface area (TPSA) is 55.6 Å². The number of carbonyl (C=O) groups excluding carboxylic acids is 1. The molecular formula is C22H20BrClN2O2S. The molecule has 1 amide bonds. The smallest absolute Gasteiger partial charge is 0.265 e. The Bertz CT molecular complexity index is 1120. The number of piperidine rings is 1. The van der Waals surface area contributed by atoms with Gasteiger partial charge in [-0.05, 0) is 36.6 Å². The number of halogens is 2. The highest BCUT2D eigenvalue weighted by molar-refractivity contribution is 9.10. The lowest BCUT2D eigenvalue weighted by atomic mass is 9.74. The average Bonchev–Trinajstić information content (AvgIpc) is 3.25. The average molecular weight is 492 g/mol. The molecule has 4 nitrogen and oxygen atoms in total. The Morgan fingerprint density at radius 2 is 2.03 bits per heavy atom. The van der Waals surface area contributed by atoms with Gasteiger partial charge >= 0.3 is 0 Å². The fourth-order valence-electron chi connectivity index (χ4n) is 4.41. The quantitative estimate of drug-likeness (QED) is 0.526. The Morgan fingerprint density at radius 3 is 2.79 bits per heavy atom. The number of ether oxygens (including phenoxy) is 1. The molecule has 1 saturated heterocycles. The first-order valence-electron chi connectivity index (χ1n) is 9.64. The molecule has 0 saturated carbocycles. The van der Waals surface area contributed by atoms with Crippen molar-refractivity contribution < 1.29 is 9.53 Å². The van der Waals surface area contributed by atoms with Gasteiger partial charge < -0.3 is 15.4 Å². The summed E-state index contributed by atoms with van der Waals surface area (Å²) in [7, 11) is 0. The molecule has 2 N–H and O–H groups in total. The number of nitrogens with two attached hydrogens (primary N) is 1. The number of amides is 1. The Balaban J connectivity index is 1.38. The molecule has 150 valence electrons. The van der Waals surface area contributed by atoms with Gasteiger partial charge in [0, 0.05) is 45.2 Å². The second-order valence-electron chi connectivity index (χ2n) is 7.78. The molecule has 2 aliphatic rings. The van der Waals surface area contributed by atoms with E-state index < -0.39 is 0 Å². The molecule has 1 aromatic heterocycles. The zero-order chi connectivity index (χ0) is 20.2. The molecule has 3 aromatic rings. The summed E-state index contributed by atoms with van der Waals surface area (Å²) in [5.41, 5.74) is 8.18. The molecule has 0 radical (unpaired) electrons. The summed E-state index contributed by atoms with van der Waals surface area (Å²) in [6.07, 6.45) is 1.77. The zero-order valence-corrected chi connectivity index (χ0v) is 18.9. The van der Waals surface area contributed by atoms with Crippen LogP contribution in [0.2, 0.25) is 5.02 Å². The summed E-state index contributed by atoms with van der Waals surface area (Å²) >= 11 is 11.5. The van der Waals surface area contributed by atoms with Crippen LogP contribution in [-0.2, 0) is 12.0 Å². The molecule has 1 fully saturated rings. The summed E-state index contributed by atoms with van der Waals surface area (Å²) in [5.74, 6) is 0.983. The maximum absolute atomic E-state index is 13.2. The van der Waals surface area contributed by atoms with E-state index in [0.29, 0.717) is 36.1 Å². The molecule has 1 spiro atoms. The minimum Gasteiger partial charge on any atom is -0.492 e. The summed E-state index contributed by atoms with van der Waals surface area (Å²) in [6, 6.07) is 12.2. The minimum absolute atomic E-state index is 0.0217. The van der Waals surface area contributed by atoms with E-state index in [4.69, 9.17) is 22.1 Å². The van der Waals surface area contributed by atoms with E-state index in [0.717, 1.165) is 38.7 Å². The molecule has 3 heterocycles. The fourth-order valence-corrected chi connectivity index (χ4v) is 6.44. The molecule has 0 atom stereocenters. The summed E-state index contributed by atoms with van der Waals surface area (Å²) in [6.45, 7) is 2.59. The van der Waals surface area contributed by atoms with Gasteiger partial charge in [-0.3, -0.25) is 4.79 Å². The van der Waals surface area contributed by atoms with Crippen molar-refractivity contribution in [2.75, 3.05) is 19.7 Å². The molecule has 0 unspecified atom stereocenters. The third kappa shape index (κ3) is 3.17. The lowest BCUT2D eigenvalue weighted by Crippen LogP contribution is -2.46. The van der Waals surface area contributed by atoms with Gasteiger partial charge in [-0.15, -0.1) is 11.3 Å². The Morgan fingerprint density at radius 1 is 1.24 bits per heavy atom. The highest BCUT2D eigenvalue weighted by atomic mass is 79.9. The lowest BCUT2D eigenvalue weighted by molar-refractivity contribution is 0.0651. The largest absolute Gasteiger partial charge is 0.492 e.